The van der Waals surface area contributed by atoms with Gasteiger partial charge in [0.1, 0.15) is 28.5 Å². The summed E-state index contributed by atoms with van der Waals surface area (Å²) < 4.78 is 32.7. The SMILES string of the molecule is CC1CC(OCc2ccc(F)cc2F)=C(Br)C(=O)N1c1cccc(CO)c1. The zero-order valence-corrected chi connectivity index (χ0v) is 16.2. The van der Waals surface area contributed by atoms with Gasteiger partial charge >= 0.3 is 0 Å². The Bertz CT molecular complexity index is 901. The number of carbonyl (C=O) groups excluding carboxylic acids is 1. The molecule has 2 aromatic rings. The first-order valence-electron chi connectivity index (χ1n) is 8.39. The van der Waals surface area contributed by atoms with Crippen LogP contribution in [0.25, 0.3) is 0 Å². The van der Waals surface area contributed by atoms with Crippen molar-refractivity contribution in [2.45, 2.75) is 32.6 Å². The van der Waals surface area contributed by atoms with Gasteiger partial charge in [-0.1, -0.05) is 12.1 Å². The van der Waals surface area contributed by atoms with Gasteiger partial charge in [-0.2, -0.15) is 0 Å². The van der Waals surface area contributed by atoms with E-state index in [0.29, 0.717) is 23.4 Å². The monoisotopic (exact) mass is 437 g/mol. The molecule has 27 heavy (non-hydrogen) atoms. The van der Waals surface area contributed by atoms with Crippen molar-refractivity contribution < 1.29 is 23.4 Å². The van der Waals surface area contributed by atoms with Gasteiger partial charge in [-0.15, -0.1) is 0 Å². The Morgan fingerprint density at radius 1 is 1.26 bits per heavy atom. The lowest BCUT2D eigenvalue weighted by molar-refractivity contribution is -0.115. The Hall–Kier alpha value is -2.25. The molecule has 0 saturated heterocycles. The number of anilines is 1. The number of carbonyl (C=O) groups is 1. The van der Waals surface area contributed by atoms with E-state index in [-0.39, 0.29) is 35.2 Å². The molecule has 1 aliphatic rings. The molecule has 0 radical (unpaired) electrons. The minimum atomic E-state index is -0.690. The molecule has 1 N–H and O–H groups in total. The molecule has 142 valence electrons. The average molecular weight is 438 g/mol. The summed E-state index contributed by atoms with van der Waals surface area (Å²) in [7, 11) is 0. The van der Waals surface area contributed by atoms with Gasteiger partial charge in [-0.25, -0.2) is 8.78 Å². The molecule has 0 spiro atoms. The van der Waals surface area contributed by atoms with Crippen LogP contribution in [0.15, 0.2) is 52.7 Å². The van der Waals surface area contributed by atoms with Gasteiger partial charge in [0.2, 0.25) is 0 Å². The highest BCUT2D eigenvalue weighted by Gasteiger charge is 2.33. The first-order valence-corrected chi connectivity index (χ1v) is 9.18. The molecule has 3 rings (SSSR count). The summed E-state index contributed by atoms with van der Waals surface area (Å²) in [6.45, 7) is 1.67. The van der Waals surface area contributed by atoms with Gasteiger partial charge in [0.15, 0.2) is 0 Å². The van der Waals surface area contributed by atoms with Gasteiger partial charge in [0.25, 0.3) is 5.91 Å². The molecule has 7 heteroatoms. The van der Waals surface area contributed by atoms with Crippen LogP contribution in [-0.2, 0) is 22.7 Å². The van der Waals surface area contributed by atoms with E-state index in [1.807, 2.05) is 6.92 Å². The predicted molar refractivity (Wildman–Crippen MR) is 101 cm³/mol. The van der Waals surface area contributed by atoms with Crippen LogP contribution in [0, 0.1) is 11.6 Å². The van der Waals surface area contributed by atoms with Gasteiger partial charge in [-0.05, 0) is 52.7 Å². The Kier molecular flexibility index (Phi) is 5.92. The molecule has 4 nitrogen and oxygen atoms in total. The smallest absolute Gasteiger partial charge is 0.269 e. The normalized spacial score (nSPS) is 17.4. The van der Waals surface area contributed by atoms with Gasteiger partial charge in [0.05, 0.1) is 6.61 Å². The van der Waals surface area contributed by atoms with Gasteiger partial charge in [-0.3, -0.25) is 4.79 Å². The summed E-state index contributed by atoms with van der Waals surface area (Å²) in [5.41, 5.74) is 1.60. The molecule has 1 unspecified atom stereocenters. The van der Waals surface area contributed by atoms with E-state index in [4.69, 9.17) is 4.74 Å². The average Bonchev–Trinajstić information content (AvgIpc) is 2.65. The zero-order valence-electron chi connectivity index (χ0n) is 14.6. The number of rotatable bonds is 5. The fourth-order valence-corrected chi connectivity index (χ4v) is 3.44. The van der Waals surface area contributed by atoms with Gasteiger partial charge in [0, 0.05) is 29.8 Å². The summed E-state index contributed by atoms with van der Waals surface area (Å²) in [6.07, 6.45) is 0.429. The minimum Gasteiger partial charge on any atom is -0.492 e. The highest BCUT2D eigenvalue weighted by Crippen LogP contribution is 2.33. The van der Waals surface area contributed by atoms with E-state index in [9.17, 15) is 18.7 Å². The molecule has 0 aromatic heterocycles. The number of nitrogens with zero attached hydrogens (tertiary/aromatic N) is 1. The molecule has 1 atom stereocenters. The third-order valence-corrected chi connectivity index (χ3v) is 5.14. The molecule has 1 amide bonds. The topological polar surface area (TPSA) is 49.8 Å². The van der Waals surface area contributed by atoms with Crippen molar-refractivity contribution in [3.63, 3.8) is 0 Å². The molecular weight excluding hydrogens is 420 g/mol. The second-order valence-corrected chi connectivity index (χ2v) is 7.11. The van der Waals surface area contributed by atoms with Crippen LogP contribution >= 0.6 is 15.9 Å². The molecular formula is C20H18BrF2NO3. The van der Waals surface area contributed by atoms with E-state index >= 15 is 0 Å². The number of hydrogen-bond donors (Lipinski definition) is 1. The van der Waals surface area contributed by atoms with Crippen LogP contribution in [-0.4, -0.2) is 17.1 Å². The zero-order chi connectivity index (χ0) is 19.6. The molecule has 1 heterocycles. The first-order chi connectivity index (χ1) is 12.9. The number of aliphatic hydroxyl groups is 1. The molecule has 2 aromatic carbocycles. The van der Waals surface area contributed by atoms with E-state index in [0.717, 1.165) is 12.1 Å². The van der Waals surface area contributed by atoms with Gasteiger partial charge < -0.3 is 14.7 Å². The van der Waals surface area contributed by atoms with E-state index in [1.54, 1.807) is 29.2 Å². The number of amides is 1. The molecule has 0 fully saturated rings. The molecule has 0 saturated carbocycles. The lowest BCUT2D eigenvalue weighted by Crippen LogP contribution is -2.43. The van der Waals surface area contributed by atoms with E-state index in [2.05, 4.69) is 15.9 Å². The third-order valence-electron chi connectivity index (χ3n) is 4.36. The quantitative estimate of drug-likeness (QED) is 0.753. The molecule has 0 bridgehead atoms. The van der Waals surface area contributed by atoms with Crippen LogP contribution in [0.2, 0.25) is 0 Å². The number of hydrogen-bond acceptors (Lipinski definition) is 3. The van der Waals surface area contributed by atoms with Crippen LogP contribution in [0.1, 0.15) is 24.5 Å². The fraction of sp³-hybridized carbons (Fsp3) is 0.250. The fourth-order valence-electron chi connectivity index (χ4n) is 2.98. The number of aliphatic hydroxyl groups excluding tert-OH is 1. The maximum absolute atomic E-state index is 13.8. The maximum Gasteiger partial charge on any atom is 0.269 e. The number of halogens is 3. The lowest BCUT2D eigenvalue weighted by atomic mass is 10.1. The van der Waals surface area contributed by atoms with Crippen LogP contribution < -0.4 is 4.90 Å². The van der Waals surface area contributed by atoms with E-state index in [1.165, 1.54) is 6.07 Å². The lowest BCUT2D eigenvalue weighted by Gasteiger charge is -2.34. The minimum absolute atomic E-state index is 0.101. The predicted octanol–water partition coefficient (Wildman–Crippen LogP) is 4.41. The second-order valence-electron chi connectivity index (χ2n) is 6.32. The Morgan fingerprint density at radius 2 is 2.04 bits per heavy atom. The van der Waals surface area contributed by atoms with Crippen molar-refractivity contribution in [2.24, 2.45) is 0 Å². The van der Waals surface area contributed by atoms with Crippen molar-refractivity contribution in [3.8, 4) is 0 Å². The number of ether oxygens (including phenoxy) is 1. The first kappa shape index (κ1) is 19.5. The summed E-state index contributed by atoms with van der Waals surface area (Å²) in [5, 5.41) is 9.31. The summed E-state index contributed by atoms with van der Waals surface area (Å²) in [4.78, 5) is 14.4. The highest BCUT2D eigenvalue weighted by atomic mass is 79.9. The maximum atomic E-state index is 13.8. The molecule has 1 aliphatic heterocycles. The van der Waals surface area contributed by atoms with Crippen molar-refractivity contribution in [1.29, 1.82) is 0 Å². The molecule has 0 aliphatic carbocycles. The highest BCUT2D eigenvalue weighted by molar-refractivity contribution is 9.12. The van der Waals surface area contributed by atoms with Crippen LogP contribution in [0.4, 0.5) is 14.5 Å². The largest absolute Gasteiger partial charge is 0.492 e. The summed E-state index contributed by atoms with van der Waals surface area (Å²) in [6, 6.07) is 10.2. The van der Waals surface area contributed by atoms with Crippen LogP contribution in [0.3, 0.4) is 0 Å². The standard InChI is InChI=1S/C20H18BrF2NO3/c1-12-7-18(27-11-14-5-6-15(22)9-17(14)23)19(21)20(26)24(12)16-4-2-3-13(8-16)10-25/h2-6,8-9,12,25H,7,10-11H2,1H3. The Morgan fingerprint density at radius 3 is 2.74 bits per heavy atom. The second kappa shape index (κ2) is 8.19. The Balaban J connectivity index is 1.80. The van der Waals surface area contributed by atoms with Crippen molar-refractivity contribution in [2.75, 3.05) is 4.90 Å². The van der Waals surface area contributed by atoms with E-state index < -0.39 is 11.6 Å². The third kappa shape index (κ3) is 4.20. The van der Waals surface area contributed by atoms with Crippen LogP contribution in [0.5, 0.6) is 0 Å². The van der Waals surface area contributed by atoms with Crippen molar-refractivity contribution in [3.05, 3.63) is 75.5 Å². The van der Waals surface area contributed by atoms with Crippen molar-refractivity contribution >= 4 is 27.5 Å². The summed E-state index contributed by atoms with van der Waals surface area (Å²) >= 11 is 3.28. The number of benzene rings is 2. The Labute approximate surface area is 164 Å². The summed E-state index contributed by atoms with van der Waals surface area (Å²) in [5.74, 6) is -1.20. The van der Waals surface area contributed by atoms with Crippen molar-refractivity contribution in [1.82, 2.24) is 0 Å².